The molecule has 0 aliphatic rings. The van der Waals surface area contributed by atoms with Crippen molar-refractivity contribution >= 4 is 5.96 Å². The quantitative estimate of drug-likeness (QED) is 0.387. The number of guanidine groups is 1. The van der Waals surface area contributed by atoms with Crippen molar-refractivity contribution in [2.75, 3.05) is 20.8 Å². The molecule has 0 aliphatic heterocycles. The van der Waals surface area contributed by atoms with Gasteiger partial charge in [0.25, 0.3) is 0 Å². The van der Waals surface area contributed by atoms with E-state index in [4.69, 9.17) is 9.47 Å². The fraction of sp³-hybridized carbons (Fsp3) is 0.333. The molecule has 0 bridgehead atoms. The number of nitrogens with zero attached hydrogens (tertiary/aromatic N) is 3. The average molecular weight is 422 g/mol. The third-order valence-electron chi connectivity index (χ3n) is 4.83. The van der Waals surface area contributed by atoms with E-state index in [-0.39, 0.29) is 0 Å². The van der Waals surface area contributed by atoms with Gasteiger partial charge in [-0.05, 0) is 41.3 Å². The molecular formula is C24H31N5O2. The summed E-state index contributed by atoms with van der Waals surface area (Å²) in [5.74, 6) is 2.24. The molecule has 31 heavy (non-hydrogen) atoms. The van der Waals surface area contributed by atoms with Crippen LogP contribution in [-0.4, -0.2) is 36.5 Å². The summed E-state index contributed by atoms with van der Waals surface area (Å²) in [6.45, 7) is 4.79. The Labute approximate surface area is 184 Å². The highest BCUT2D eigenvalue weighted by molar-refractivity contribution is 5.79. The second kappa shape index (κ2) is 11.6. The monoisotopic (exact) mass is 421 g/mol. The maximum atomic E-state index is 5.73. The number of rotatable bonds is 10. The van der Waals surface area contributed by atoms with Crippen LogP contribution in [0.4, 0.5) is 0 Å². The third kappa shape index (κ3) is 6.50. The summed E-state index contributed by atoms with van der Waals surface area (Å²) in [7, 11) is 3.43. The molecule has 3 aromatic rings. The van der Waals surface area contributed by atoms with Crippen molar-refractivity contribution in [3.8, 4) is 11.5 Å². The van der Waals surface area contributed by atoms with Crippen molar-refractivity contribution in [3.05, 3.63) is 77.6 Å². The summed E-state index contributed by atoms with van der Waals surface area (Å²) in [6.07, 6.45) is 4.72. The van der Waals surface area contributed by atoms with Crippen molar-refractivity contribution in [1.82, 2.24) is 20.4 Å². The lowest BCUT2D eigenvalue weighted by Crippen LogP contribution is -2.36. The Bertz CT molecular complexity index is 970. The van der Waals surface area contributed by atoms with Gasteiger partial charge in [0.05, 0.1) is 20.3 Å². The first-order chi connectivity index (χ1) is 15.2. The number of hydrogen-bond donors (Lipinski definition) is 2. The van der Waals surface area contributed by atoms with E-state index in [2.05, 4.69) is 45.8 Å². The number of nitrogens with one attached hydrogen (secondary N) is 2. The molecule has 1 heterocycles. The maximum absolute atomic E-state index is 5.73. The van der Waals surface area contributed by atoms with Gasteiger partial charge in [0.1, 0.15) is 0 Å². The normalized spacial score (nSPS) is 11.3. The van der Waals surface area contributed by atoms with Crippen LogP contribution < -0.4 is 20.1 Å². The molecule has 0 spiro atoms. The van der Waals surface area contributed by atoms with Crippen LogP contribution in [0.15, 0.2) is 65.9 Å². The van der Waals surface area contributed by atoms with Gasteiger partial charge in [-0.15, -0.1) is 0 Å². The van der Waals surface area contributed by atoms with E-state index >= 15 is 0 Å². The molecule has 164 valence electrons. The number of ether oxygens (including phenoxy) is 2. The number of methoxy groups -OCH3 is 1. The largest absolute Gasteiger partial charge is 0.493 e. The first kappa shape index (κ1) is 22.2. The van der Waals surface area contributed by atoms with Crippen molar-refractivity contribution < 1.29 is 9.47 Å². The van der Waals surface area contributed by atoms with Crippen LogP contribution in [0.2, 0.25) is 0 Å². The third-order valence-corrected chi connectivity index (χ3v) is 4.83. The van der Waals surface area contributed by atoms with Gasteiger partial charge < -0.3 is 20.1 Å². The highest BCUT2D eigenvalue weighted by atomic mass is 16.5. The molecule has 0 atom stereocenters. The standard InChI is InChI=1S/C24H31N5O2/c1-4-14-31-22-11-10-19(15-23(22)30-3)16-26-24(25-2)27-17-20-8-5-6-9-21(20)18-29-13-7-12-28-29/h5-13,15H,4,14,16-18H2,1-3H3,(H2,25,26,27). The van der Waals surface area contributed by atoms with E-state index in [1.54, 1.807) is 20.4 Å². The van der Waals surface area contributed by atoms with Gasteiger partial charge in [-0.25, -0.2) is 0 Å². The summed E-state index contributed by atoms with van der Waals surface area (Å²) in [5, 5.41) is 11.1. The average Bonchev–Trinajstić information content (AvgIpc) is 3.32. The van der Waals surface area contributed by atoms with Gasteiger partial charge in [0.2, 0.25) is 0 Å². The molecule has 0 amide bonds. The zero-order valence-electron chi connectivity index (χ0n) is 18.5. The molecule has 2 N–H and O–H groups in total. The van der Waals surface area contributed by atoms with E-state index < -0.39 is 0 Å². The van der Waals surface area contributed by atoms with Crippen LogP contribution in [-0.2, 0) is 19.6 Å². The number of aromatic nitrogens is 2. The fourth-order valence-electron chi connectivity index (χ4n) is 3.19. The zero-order chi connectivity index (χ0) is 21.9. The highest BCUT2D eigenvalue weighted by Crippen LogP contribution is 2.28. The summed E-state index contributed by atoms with van der Waals surface area (Å²) >= 11 is 0. The van der Waals surface area contributed by atoms with Crippen LogP contribution in [0, 0.1) is 0 Å². The van der Waals surface area contributed by atoms with E-state index in [9.17, 15) is 0 Å². The van der Waals surface area contributed by atoms with Gasteiger partial charge in [-0.1, -0.05) is 37.3 Å². The Hall–Kier alpha value is -3.48. The smallest absolute Gasteiger partial charge is 0.191 e. The molecule has 0 unspecified atom stereocenters. The molecule has 0 saturated heterocycles. The Morgan fingerprint density at radius 1 is 1.03 bits per heavy atom. The topological polar surface area (TPSA) is 72.7 Å². The minimum atomic E-state index is 0.624. The van der Waals surface area contributed by atoms with E-state index in [1.165, 1.54) is 11.1 Å². The molecule has 2 aromatic carbocycles. The van der Waals surface area contributed by atoms with Crippen LogP contribution in [0.25, 0.3) is 0 Å². The minimum Gasteiger partial charge on any atom is -0.493 e. The summed E-state index contributed by atoms with van der Waals surface area (Å²) in [6, 6.07) is 16.3. The molecule has 0 saturated carbocycles. The van der Waals surface area contributed by atoms with Crippen LogP contribution >= 0.6 is 0 Å². The Balaban J connectivity index is 1.57. The predicted octanol–water partition coefficient (Wildman–Crippen LogP) is 3.59. The molecule has 7 nitrogen and oxygen atoms in total. The van der Waals surface area contributed by atoms with Gasteiger partial charge in [0, 0.05) is 32.5 Å². The lowest BCUT2D eigenvalue weighted by Gasteiger charge is -2.15. The zero-order valence-corrected chi connectivity index (χ0v) is 18.5. The molecule has 0 radical (unpaired) electrons. The van der Waals surface area contributed by atoms with E-state index in [0.717, 1.165) is 36.0 Å². The highest BCUT2D eigenvalue weighted by Gasteiger charge is 2.08. The number of benzene rings is 2. The second-order valence-electron chi connectivity index (χ2n) is 7.09. The molecule has 0 fully saturated rings. The first-order valence-electron chi connectivity index (χ1n) is 10.5. The molecule has 1 aromatic heterocycles. The van der Waals surface area contributed by atoms with Crippen molar-refractivity contribution in [1.29, 1.82) is 0 Å². The Morgan fingerprint density at radius 3 is 2.55 bits per heavy atom. The molecular weight excluding hydrogens is 390 g/mol. The van der Waals surface area contributed by atoms with Gasteiger partial charge in [-0.2, -0.15) is 5.10 Å². The van der Waals surface area contributed by atoms with Crippen LogP contribution in [0.3, 0.4) is 0 Å². The Kier molecular flexibility index (Phi) is 8.34. The fourth-order valence-corrected chi connectivity index (χ4v) is 3.19. The number of hydrogen-bond acceptors (Lipinski definition) is 4. The minimum absolute atomic E-state index is 0.624. The molecule has 0 aliphatic carbocycles. The lowest BCUT2D eigenvalue weighted by molar-refractivity contribution is 0.294. The van der Waals surface area contributed by atoms with Gasteiger partial charge in [0.15, 0.2) is 17.5 Å². The first-order valence-corrected chi connectivity index (χ1v) is 10.5. The summed E-state index contributed by atoms with van der Waals surface area (Å²) in [5.41, 5.74) is 3.52. The number of aliphatic imine (C=N–C) groups is 1. The molecule has 7 heteroatoms. The van der Waals surface area contributed by atoms with Crippen molar-refractivity contribution in [3.63, 3.8) is 0 Å². The van der Waals surface area contributed by atoms with Gasteiger partial charge >= 0.3 is 0 Å². The summed E-state index contributed by atoms with van der Waals surface area (Å²) < 4.78 is 13.1. The second-order valence-corrected chi connectivity index (χ2v) is 7.09. The van der Waals surface area contributed by atoms with Crippen LogP contribution in [0.1, 0.15) is 30.0 Å². The Morgan fingerprint density at radius 2 is 1.84 bits per heavy atom. The van der Waals surface area contributed by atoms with Crippen molar-refractivity contribution in [2.45, 2.75) is 33.0 Å². The van der Waals surface area contributed by atoms with E-state index in [1.807, 2.05) is 41.2 Å². The van der Waals surface area contributed by atoms with Gasteiger partial charge in [-0.3, -0.25) is 9.67 Å². The predicted molar refractivity (Wildman–Crippen MR) is 124 cm³/mol. The SMILES string of the molecule is CCCOc1ccc(CNC(=NC)NCc2ccccc2Cn2cccn2)cc1OC. The van der Waals surface area contributed by atoms with E-state index in [0.29, 0.717) is 19.7 Å². The van der Waals surface area contributed by atoms with Crippen LogP contribution in [0.5, 0.6) is 11.5 Å². The lowest BCUT2D eigenvalue weighted by atomic mass is 10.1. The van der Waals surface area contributed by atoms with Crippen molar-refractivity contribution in [2.24, 2.45) is 4.99 Å². The maximum Gasteiger partial charge on any atom is 0.191 e. The summed E-state index contributed by atoms with van der Waals surface area (Å²) in [4.78, 5) is 4.35. The molecule has 3 rings (SSSR count).